The Labute approximate surface area is 151 Å². The van der Waals surface area contributed by atoms with Crippen LogP contribution < -0.4 is 0 Å². The number of aliphatic hydroxyl groups is 1. The fourth-order valence-electron chi connectivity index (χ4n) is 4.15. The number of methoxy groups -OCH3 is 1. The number of rotatable bonds is 5. The van der Waals surface area contributed by atoms with Gasteiger partial charge in [0.15, 0.2) is 0 Å². The molecule has 1 heterocycles. The van der Waals surface area contributed by atoms with Gasteiger partial charge in [-0.05, 0) is 69.8 Å². The molecular weight excluding hydrogens is 320 g/mol. The molecule has 1 N–H and O–H groups in total. The van der Waals surface area contributed by atoms with Crippen molar-refractivity contribution >= 4 is 5.97 Å². The van der Waals surface area contributed by atoms with Gasteiger partial charge in [-0.15, -0.1) is 0 Å². The van der Waals surface area contributed by atoms with Gasteiger partial charge in [0.2, 0.25) is 0 Å². The first-order valence-electron chi connectivity index (χ1n) is 9.38. The molecule has 144 valence electrons. The monoisotopic (exact) mass is 354 g/mol. The number of carbonyl (C=O) groups excluding carboxylic acids is 1. The fraction of sp³-hybridized carbons (Fsp3) is 0.850. The predicted molar refractivity (Wildman–Crippen MR) is 95.7 cm³/mol. The Bertz CT molecular complexity index is 504. The van der Waals surface area contributed by atoms with Crippen LogP contribution in [0.5, 0.6) is 0 Å². The van der Waals surface area contributed by atoms with Crippen LogP contribution in [-0.2, 0) is 19.3 Å². The summed E-state index contributed by atoms with van der Waals surface area (Å²) >= 11 is 0. The molecule has 4 atom stereocenters. The second kappa shape index (κ2) is 7.37. The Morgan fingerprint density at radius 1 is 1.36 bits per heavy atom. The number of hydrogen-bond donors (Lipinski definition) is 1. The molecular formula is C20H34O5. The summed E-state index contributed by atoms with van der Waals surface area (Å²) in [6, 6.07) is 0. The number of hydrogen-bond acceptors (Lipinski definition) is 5. The van der Waals surface area contributed by atoms with Crippen molar-refractivity contribution in [1.82, 2.24) is 0 Å². The molecule has 0 amide bonds. The van der Waals surface area contributed by atoms with Crippen LogP contribution in [0.3, 0.4) is 0 Å². The molecule has 2 rings (SSSR count). The van der Waals surface area contributed by atoms with Crippen molar-refractivity contribution in [2.24, 2.45) is 11.3 Å². The van der Waals surface area contributed by atoms with E-state index in [1.807, 2.05) is 6.92 Å². The van der Waals surface area contributed by atoms with Crippen LogP contribution in [-0.4, -0.2) is 35.5 Å². The van der Waals surface area contributed by atoms with Crippen LogP contribution in [0.2, 0.25) is 0 Å². The van der Waals surface area contributed by atoms with Crippen LogP contribution in [0.4, 0.5) is 0 Å². The van der Waals surface area contributed by atoms with E-state index >= 15 is 0 Å². The Balaban J connectivity index is 1.95. The van der Waals surface area contributed by atoms with Gasteiger partial charge in [-0.2, -0.15) is 0 Å². The maximum absolute atomic E-state index is 11.7. The average Bonchev–Trinajstić information content (AvgIpc) is 2.57. The van der Waals surface area contributed by atoms with Crippen LogP contribution in [0.25, 0.3) is 0 Å². The third-order valence-electron chi connectivity index (χ3n) is 6.46. The van der Waals surface area contributed by atoms with Crippen LogP contribution in [0, 0.1) is 11.3 Å². The standard InChI is InChI=1S/C20H34O5/c1-14-8-7-10-18(3,4)20(14,22)13-12-19(5)11-9-16(24-25-19)15(2)17(21)23-6/h15-16,22H,1,7-13H2,2-6H3/t15-,16+,19?,20?/m0/s1. The van der Waals surface area contributed by atoms with Crippen LogP contribution in [0.15, 0.2) is 12.2 Å². The number of carbonyl (C=O) groups is 1. The molecule has 5 heteroatoms. The topological polar surface area (TPSA) is 65.0 Å². The zero-order valence-electron chi connectivity index (χ0n) is 16.4. The maximum atomic E-state index is 11.7. The van der Waals surface area contributed by atoms with E-state index in [1.165, 1.54) is 7.11 Å². The molecule has 0 aromatic rings. The molecule has 1 saturated carbocycles. The molecule has 0 aromatic carbocycles. The van der Waals surface area contributed by atoms with E-state index in [1.54, 1.807) is 6.92 Å². The van der Waals surface area contributed by atoms with Gasteiger partial charge < -0.3 is 9.84 Å². The summed E-state index contributed by atoms with van der Waals surface area (Å²) in [5.74, 6) is -0.637. The molecule has 2 fully saturated rings. The number of ether oxygens (including phenoxy) is 1. The smallest absolute Gasteiger partial charge is 0.311 e. The van der Waals surface area contributed by atoms with E-state index < -0.39 is 11.2 Å². The zero-order valence-corrected chi connectivity index (χ0v) is 16.4. The summed E-state index contributed by atoms with van der Waals surface area (Å²) in [4.78, 5) is 22.9. The minimum absolute atomic E-state index is 0.184. The fourth-order valence-corrected chi connectivity index (χ4v) is 4.15. The lowest BCUT2D eigenvalue weighted by molar-refractivity contribution is -0.412. The first-order valence-corrected chi connectivity index (χ1v) is 9.38. The lowest BCUT2D eigenvalue weighted by Gasteiger charge is -2.49. The van der Waals surface area contributed by atoms with Crippen molar-refractivity contribution in [2.45, 2.75) is 89.9 Å². The third kappa shape index (κ3) is 4.09. The van der Waals surface area contributed by atoms with Crippen LogP contribution in [0.1, 0.15) is 72.6 Å². The molecule has 0 radical (unpaired) electrons. The van der Waals surface area contributed by atoms with E-state index in [2.05, 4.69) is 20.4 Å². The van der Waals surface area contributed by atoms with Crippen molar-refractivity contribution in [2.75, 3.05) is 7.11 Å². The Kier molecular flexibility index (Phi) is 6.02. The summed E-state index contributed by atoms with van der Waals surface area (Å²) in [5.41, 5.74) is -0.582. The predicted octanol–water partition coefficient (Wildman–Crippen LogP) is 3.94. The van der Waals surface area contributed by atoms with Gasteiger partial charge >= 0.3 is 5.97 Å². The second-order valence-corrected chi connectivity index (χ2v) is 8.72. The molecule has 0 aromatic heterocycles. The molecule has 2 unspecified atom stereocenters. The second-order valence-electron chi connectivity index (χ2n) is 8.72. The zero-order chi connectivity index (χ0) is 18.9. The Hall–Kier alpha value is -0.910. The first kappa shape index (κ1) is 20.4. The molecule has 0 bridgehead atoms. The van der Waals surface area contributed by atoms with Gasteiger partial charge in [0.1, 0.15) is 11.7 Å². The molecule has 2 aliphatic rings. The van der Waals surface area contributed by atoms with Crippen molar-refractivity contribution in [1.29, 1.82) is 0 Å². The molecule has 5 nitrogen and oxygen atoms in total. The Morgan fingerprint density at radius 3 is 2.56 bits per heavy atom. The largest absolute Gasteiger partial charge is 0.469 e. The quantitative estimate of drug-likeness (QED) is 0.460. The van der Waals surface area contributed by atoms with Gasteiger partial charge in [-0.3, -0.25) is 4.79 Å². The first-order chi connectivity index (χ1) is 11.5. The summed E-state index contributed by atoms with van der Waals surface area (Å²) < 4.78 is 4.77. The van der Waals surface area contributed by atoms with Crippen molar-refractivity contribution < 1.29 is 24.4 Å². The highest BCUT2D eigenvalue weighted by Crippen LogP contribution is 2.50. The van der Waals surface area contributed by atoms with E-state index in [0.29, 0.717) is 12.8 Å². The van der Waals surface area contributed by atoms with Crippen LogP contribution >= 0.6 is 0 Å². The highest BCUT2D eigenvalue weighted by atomic mass is 17.2. The summed E-state index contributed by atoms with van der Waals surface area (Å²) in [7, 11) is 1.38. The lowest BCUT2D eigenvalue weighted by atomic mass is 9.61. The van der Waals surface area contributed by atoms with Crippen molar-refractivity contribution in [3.8, 4) is 0 Å². The minimum Gasteiger partial charge on any atom is -0.469 e. The summed E-state index contributed by atoms with van der Waals surface area (Å²) in [6.07, 6.45) is 5.48. The SMILES string of the molecule is C=C1CCCC(C)(C)C1(O)CCC1(C)CC[C@H]([C@H](C)C(=O)OC)OO1. The van der Waals surface area contributed by atoms with E-state index in [-0.39, 0.29) is 23.4 Å². The van der Waals surface area contributed by atoms with E-state index in [4.69, 9.17) is 14.5 Å². The highest BCUT2D eigenvalue weighted by Gasteiger charge is 2.49. The van der Waals surface area contributed by atoms with Gasteiger partial charge in [0.25, 0.3) is 0 Å². The minimum atomic E-state index is -0.867. The summed E-state index contributed by atoms with van der Waals surface area (Å²) in [6.45, 7) is 12.2. The van der Waals surface area contributed by atoms with Gasteiger partial charge in [-0.25, -0.2) is 9.78 Å². The highest BCUT2D eigenvalue weighted by molar-refractivity contribution is 5.72. The van der Waals surface area contributed by atoms with Crippen molar-refractivity contribution in [3.05, 3.63) is 12.2 Å². The average molecular weight is 354 g/mol. The molecule has 1 aliphatic heterocycles. The summed E-state index contributed by atoms with van der Waals surface area (Å²) in [5, 5.41) is 11.3. The van der Waals surface area contributed by atoms with E-state index in [9.17, 15) is 9.90 Å². The normalized spacial score (nSPS) is 36.7. The van der Waals surface area contributed by atoms with E-state index in [0.717, 1.165) is 37.7 Å². The molecule has 25 heavy (non-hydrogen) atoms. The van der Waals surface area contributed by atoms with Gasteiger partial charge in [-0.1, -0.05) is 20.4 Å². The van der Waals surface area contributed by atoms with Gasteiger partial charge in [0.05, 0.1) is 18.6 Å². The third-order valence-corrected chi connectivity index (χ3v) is 6.46. The molecule has 0 spiro atoms. The Morgan fingerprint density at radius 2 is 2.04 bits per heavy atom. The number of esters is 1. The van der Waals surface area contributed by atoms with Crippen molar-refractivity contribution in [3.63, 3.8) is 0 Å². The molecule has 1 aliphatic carbocycles. The van der Waals surface area contributed by atoms with Gasteiger partial charge in [0, 0.05) is 0 Å². The molecule has 1 saturated heterocycles. The maximum Gasteiger partial charge on any atom is 0.311 e. The lowest BCUT2D eigenvalue weighted by Crippen LogP contribution is -2.50.